The van der Waals surface area contributed by atoms with E-state index < -0.39 is 0 Å². The Kier molecular flexibility index (Phi) is 6.72. The van der Waals surface area contributed by atoms with Gasteiger partial charge in [-0.1, -0.05) is 24.3 Å². The molecule has 2 aromatic rings. The third-order valence-corrected chi connectivity index (χ3v) is 4.21. The lowest BCUT2D eigenvalue weighted by atomic mass is 10.1. The normalized spacial score (nSPS) is 10.3. The van der Waals surface area contributed by atoms with Gasteiger partial charge in [-0.05, 0) is 55.2 Å². The van der Waals surface area contributed by atoms with Crippen LogP contribution in [0.4, 0.5) is 14.9 Å². The first-order valence-corrected chi connectivity index (χ1v) is 8.46. The molecule has 0 saturated carbocycles. The molecule has 0 spiro atoms. The van der Waals surface area contributed by atoms with Gasteiger partial charge in [-0.2, -0.15) is 0 Å². The summed E-state index contributed by atoms with van der Waals surface area (Å²) >= 11 is 0. The average Bonchev–Trinajstić information content (AvgIpc) is 2.60. The van der Waals surface area contributed by atoms with Gasteiger partial charge in [-0.15, -0.1) is 0 Å². The molecule has 6 heteroatoms. The number of anilines is 1. The Morgan fingerprint density at radius 1 is 1.08 bits per heavy atom. The van der Waals surface area contributed by atoms with Crippen LogP contribution in [0.1, 0.15) is 16.7 Å². The fraction of sp³-hybridized carbons (Fsp3) is 0.300. The molecule has 0 aliphatic rings. The average molecular weight is 357 g/mol. The Morgan fingerprint density at radius 3 is 2.46 bits per heavy atom. The minimum Gasteiger partial charge on any atom is -0.338 e. The number of urea groups is 1. The van der Waals surface area contributed by atoms with Gasteiger partial charge in [0.15, 0.2) is 0 Å². The number of nitrogens with zero attached hydrogens (tertiary/aromatic N) is 1. The lowest BCUT2D eigenvalue weighted by molar-refractivity contribution is -0.116. The lowest BCUT2D eigenvalue weighted by Gasteiger charge is -2.18. The number of carbonyl (C=O) groups is 2. The number of nitrogens with one attached hydrogen (secondary N) is 2. The number of carbonyl (C=O) groups excluding carboxylic acids is 2. The van der Waals surface area contributed by atoms with Gasteiger partial charge in [0, 0.05) is 19.3 Å². The third-order valence-electron chi connectivity index (χ3n) is 4.21. The molecule has 3 amide bonds. The molecule has 2 N–H and O–H groups in total. The van der Waals surface area contributed by atoms with E-state index in [0.29, 0.717) is 13.0 Å². The van der Waals surface area contributed by atoms with E-state index in [9.17, 15) is 14.0 Å². The number of halogens is 1. The molecule has 5 nitrogen and oxygen atoms in total. The zero-order chi connectivity index (χ0) is 19.1. The molecule has 0 radical (unpaired) electrons. The summed E-state index contributed by atoms with van der Waals surface area (Å²) in [6.07, 6.45) is 0.592. The number of likely N-dealkylation sites (N-methyl/N-ethyl adjacent to an activating group) is 1. The highest BCUT2D eigenvalue weighted by Gasteiger charge is 2.13. The molecular formula is C20H24FN3O2. The summed E-state index contributed by atoms with van der Waals surface area (Å²) in [5, 5.41) is 5.58. The van der Waals surface area contributed by atoms with Crippen LogP contribution in [0.25, 0.3) is 0 Å². The Morgan fingerprint density at radius 2 is 1.77 bits per heavy atom. The fourth-order valence-electron chi connectivity index (χ4n) is 2.46. The number of hydrogen-bond acceptors (Lipinski definition) is 2. The molecule has 0 aliphatic carbocycles. The highest BCUT2D eigenvalue weighted by atomic mass is 19.1. The second-order valence-electron chi connectivity index (χ2n) is 6.26. The van der Waals surface area contributed by atoms with Crippen molar-refractivity contribution in [2.75, 3.05) is 25.5 Å². The summed E-state index contributed by atoms with van der Waals surface area (Å²) in [5.74, 6) is -0.540. The van der Waals surface area contributed by atoms with Crippen LogP contribution < -0.4 is 10.6 Å². The number of rotatable bonds is 6. The number of aryl methyl sites for hydroxylation is 1. The van der Waals surface area contributed by atoms with Gasteiger partial charge in [-0.3, -0.25) is 4.79 Å². The van der Waals surface area contributed by atoms with Crippen LogP contribution in [0.15, 0.2) is 42.5 Å². The van der Waals surface area contributed by atoms with E-state index in [1.807, 2.05) is 32.0 Å². The highest BCUT2D eigenvalue weighted by Crippen LogP contribution is 2.17. The van der Waals surface area contributed by atoms with E-state index in [4.69, 9.17) is 0 Å². The quantitative estimate of drug-likeness (QED) is 0.834. The molecule has 0 bridgehead atoms. The van der Waals surface area contributed by atoms with Gasteiger partial charge in [-0.25, -0.2) is 9.18 Å². The predicted octanol–water partition coefficient (Wildman–Crippen LogP) is 3.27. The van der Waals surface area contributed by atoms with Crippen molar-refractivity contribution in [3.8, 4) is 0 Å². The van der Waals surface area contributed by atoms with E-state index in [2.05, 4.69) is 10.6 Å². The van der Waals surface area contributed by atoms with Crippen molar-refractivity contribution < 1.29 is 14.0 Å². The molecule has 2 aromatic carbocycles. The van der Waals surface area contributed by atoms with Crippen LogP contribution in [0.3, 0.4) is 0 Å². The summed E-state index contributed by atoms with van der Waals surface area (Å²) in [6.45, 7) is 4.28. The van der Waals surface area contributed by atoms with E-state index >= 15 is 0 Å². The van der Waals surface area contributed by atoms with Crippen LogP contribution in [0.5, 0.6) is 0 Å². The Bertz CT molecular complexity index is 775. The van der Waals surface area contributed by atoms with Crippen molar-refractivity contribution in [1.29, 1.82) is 0 Å². The zero-order valence-electron chi connectivity index (χ0n) is 15.3. The van der Waals surface area contributed by atoms with Crippen LogP contribution in [0, 0.1) is 19.7 Å². The van der Waals surface area contributed by atoms with Crippen LogP contribution in [-0.2, 0) is 11.2 Å². The standard InChI is InChI=1S/C20H24FN3O2/c1-14-5-4-6-18(15(14)2)23-19(25)13-24(3)20(26)22-12-11-16-7-9-17(21)10-8-16/h4-10H,11-13H2,1-3H3,(H,22,26)(H,23,25). The molecule has 0 saturated heterocycles. The first kappa shape index (κ1) is 19.4. The zero-order valence-corrected chi connectivity index (χ0v) is 15.3. The van der Waals surface area contributed by atoms with Gasteiger partial charge in [0.05, 0.1) is 0 Å². The van der Waals surface area contributed by atoms with E-state index in [0.717, 1.165) is 22.4 Å². The van der Waals surface area contributed by atoms with Gasteiger partial charge < -0.3 is 15.5 Å². The fourth-order valence-corrected chi connectivity index (χ4v) is 2.46. The maximum absolute atomic E-state index is 12.9. The molecule has 0 unspecified atom stereocenters. The number of amides is 3. The molecule has 26 heavy (non-hydrogen) atoms. The number of hydrogen-bond donors (Lipinski definition) is 2. The summed E-state index contributed by atoms with van der Waals surface area (Å²) in [5.41, 5.74) is 3.78. The Balaban J connectivity index is 1.77. The van der Waals surface area contributed by atoms with Crippen molar-refractivity contribution in [3.05, 3.63) is 65.0 Å². The predicted molar refractivity (Wildman–Crippen MR) is 101 cm³/mol. The molecule has 0 atom stereocenters. The largest absolute Gasteiger partial charge is 0.338 e. The summed E-state index contributed by atoms with van der Waals surface area (Å²) in [7, 11) is 1.57. The third kappa shape index (κ3) is 5.58. The SMILES string of the molecule is Cc1cccc(NC(=O)CN(C)C(=O)NCCc2ccc(F)cc2)c1C. The van der Waals surface area contributed by atoms with Gasteiger partial charge in [0.1, 0.15) is 12.4 Å². The van der Waals surface area contributed by atoms with Crippen molar-refractivity contribution >= 4 is 17.6 Å². The molecule has 0 aliphatic heterocycles. The van der Waals surface area contributed by atoms with Crippen molar-refractivity contribution in [1.82, 2.24) is 10.2 Å². The van der Waals surface area contributed by atoms with Crippen LogP contribution >= 0.6 is 0 Å². The minimum absolute atomic E-state index is 0.0459. The molecule has 2 rings (SSSR count). The maximum Gasteiger partial charge on any atom is 0.317 e. The first-order chi connectivity index (χ1) is 12.4. The second-order valence-corrected chi connectivity index (χ2v) is 6.26. The Labute approximate surface area is 153 Å². The summed E-state index contributed by atoms with van der Waals surface area (Å²) in [6, 6.07) is 11.5. The molecule has 138 valence electrons. The topological polar surface area (TPSA) is 61.4 Å². The van der Waals surface area contributed by atoms with Gasteiger partial charge in [0.2, 0.25) is 5.91 Å². The van der Waals surface area contributed by atoms with Crippen LogP contribution in [-0.4, -0.2) is 37.0 Å². The lowest BCUT2D eigenvalue weighted by Crippen LogP contribution is -2.42. The number of benzene rings is 2. The summed E-state index contributed by atoms with van der Waals surface area (Å²) < 4.78 is 12.9. The molecular weight excluding hydrogens is 333 g/mol. The van der Waals surface area contributed by atoms with E-state index in [1.165, 1.54) is 17.0 Å². The minimum atomic E-state index is -0.330. The van der Waals surface area contributed by atoms with E-state index in [1.54, 1.807) is 19.2 Å². The van der Waals surface area contributed by atoms with Crippen molar-refractivity contribution in [2.24, 2.45) is 0 Å². The highest BCUT2D eigenvalue weighted by molar-refractivity contribution is 5.95. The smallest absolute Gasteiger partial charge is 0.317 e. The van der Waals surface area contributed by atoms with Gasteiger partial charge >= 0.3 is 6.03 Å². The second kappa shape index (κ2) is 8.99. The monoisotopic (exact) mass is 357 g/mol. The summed E-state index contributed by atoms with van der Waals surface area (Å²) in [4.78, 5) is 25.5. The first-order valence-electron chi connectivity index (χ1n) is 8.46. The molecule has 0 heterocycles. The van der Waals surface area contributed by atoms with E-state index in [-0.39, 0.29) is 24.3 Å². The molecule has 0 aromatic heterocycles. The van der Waals surface area contributed by atoms with Crippen molar-refractivity contribution in [2.45, 2.75) is 20.3 Å². The van der Waals surface area contributed by atoms with Crippen molar-refractivity contribution in [3.63, 3.8) is 0 Å². The van der Waals surface area contributed by atoms with Gasteiger partial charge in [0.25, 0.3) is 0 Å². The molecule has 0 fully saturated rings. The Hall–Kier alpha value is -2.89. The van der Waals surface area contributed by atoms with Crippen LogP contribution in [0.2, 0.25) is 0 Å². The maximum atomic E-state index is 12.9.